The van der Waals surface area contributed by atoms with Crippen LogP contribution in [0.3, 0.4) is 0 Å². The number of anilines is 1. The molecule has 0 aliphatic carbocycles. The van der Waals surface area contributed by atoms with E-state index >= 15 is 0 Å². The van der Waals surface area contributed by atoms with Crippen LogP contribution in [0, 0.1) is 6.92 Å². The van der Waals surface area contributed by atoms with Crippen LogP contribution in [-0.4, -0.2) is 11.0 Å². The van der Waals surface area contributed by atoms with Crippen molar-refractivity contribution < 1.29 is 9.90 Å². The molecule has 0 saturated heterocycles. The van der Waals surface area contributed by atoms with Crippen molar-refractivity contribution in [3.63, 3.8) is 0 Å². The van der Waals surface area contributed by atoms with Gasteiger partial charge in [0.25, 0.3) is 5.91 Å². The zero-order chi connectivity index (χ0) is 11.9. The fourth-order valence-corrected chi connectivity index (χ4v) is 1.87. The molecule has 1 amide bonds. The van der Waals surface area contributed by atoms with Crippen LogP contribution in [0.5, 0.6) is 5.75 Å². The first-order valence-electron chi connectivity index (χ1n) is 4.83. The van der Waals surface area contributed by atoms with Gasteiger partial charge in [-0.15, -0.1) is 0 Å². The predicted octanol–water partition coefficient (Wildman–Crippen LogP) is 1.53. The summed E-state index contributed by atoms with van der Waals surface area (Å²) in [5.41, 5.74) is 12.2. The number of hydrogen-bond donors (Lipinski definition) is 3. The van der Waals surface area contributed by atoms with Crippen molar-refractivity contribution in [1.29, 1.82) is 0 Å². The van der Waals surface area contributed by atoms with Crippen LogP contribution < -0.4 is 11.5 Å². The molecule has 82 valence electrons. The predicted molar refractivity (Wildman–Crippen MR) is 63.3 cm³/mol. The average Bonchev–Trinajstić information content (AvgIpc) is 2.26. The van der Waals surface area contributed by atoms with E-state index in [1.54, 1.807) is 25.1 Å². The summed E-state index contributed by atoms with van der Waals surface area (Å²) in [7, 11) is 0. The quantitative estimate of drug-likeness (QED) is 0.499. The van der Waals surface area contributed by atoms with Gasteiger partial charge < -0.3 is 16.6 Å². The van der Waals surface area contributed by atoms with Gasteiger partial charge in [-0.3, -0.25) is 4.79 Å². The second-order valence-corrected chi connectivity index (χ2v) is 3.67. The second-order valence-electron chi connectivity index (χ2n) is 3.67. The van der Waals surface area contributed by atoms with Gasteiger partial charge in [-0.05, 0) is 12.5 Å². The molecule has 0 atom stereocenters. The Kier molecular flexibility index (Phi) is 2.20. The first-order valence-corrected chi connectivity index (χ1v) is 4.83. The van der Waals surface area contributed by atoms with Gasteiger partial charge in [-0.2, -0.15) is 0 Å². The molecule has 4 heteroatoms. The van der Waals surface area contributed by atoms with Crippen molar-refractivity contribution in [1.82, 2.24) is 0 Å². The summed E-state index contributed by atoms with van der Waals surface area (Å²) in [4.78, 5) is 11.2. The number of nitrogen functional groups attached to an aromatic ring is 1. The maximum atomic E-state index is 11.2. The highest BCUT2D eigenvalue weighted by atomic mass is 16.3. The molecule has 2 aromatic rings. The summed E-state index contributed by atoms with van der Waals surface area (Å²) >= 11 is 0. The van der Waals surface area contributed by atoms with Crippen LogP contribution in [0.4, 0.5) is 5.69 Å². The molecule has 0 spiro atoms. The van der Waals surface area contributed by atoms with Gasteiger partial charge in [-0.1, -0.05) is 24.3 Å². The molecule has 0 aliphatic heterocycles. The molecule has 0 aromatic heterocycles. The summed E-state index contributed by atoms with van der Waals surface area (Å²) in [5, 5.41) is 11.2. The molecule has 0 bridgehead atoms. The zero-order valence-corrected chi connectivity index (χ0v) is 8.82. The van der Waals surface area contributed by atoms with E-state index in [-0.39, 0.29) is 11.3 Å². The number of phenols is 1. The van der Waals surface area contributed by atoms with Gasteiger partial charge >= 0.3 is 0 Å². The van der Waals surface area contributed by atoms with Crippen molar-refractivity contribution in [2.75, 3.05) is 5.73 Å². The first kappa shape index (κ1) is 10.3. The summed E-state index contributed by atoms with van der Waals surface area (Å²) in [6, 6.07) is 7.08. The van der Waals surface area contributed by atoms with E-state index in [9.17, 15) is 9.90 Å². The lowest BCUT2D eigenvalue weighted by atomic mass is 9.97. The number of amides is 1. The van der Waals surface area contributed by atoms with Gasteiger partial charge in [-0.25, -0.2) is 0 Å². The molecule has 16 heavy (non-hydrogen) atoms. The Bertz CT molecular complexity index is 591. The third-order valence-corrected chi connectivity index (χ3v) is 2.73. The molecule has 2 aromatic carbocycles. The highest BCUT2D eigenvalue weighted by Gasteiger charge is 2.17. The number of carbonyl (C=O) groups is 1. The fraction of sp³-hybridized carbons (Fsp3) is 0.0833. The molecule has 5 N–H and O–H groups in total. The van der Waals surface area contributed by atoms with Crippen LogP contribution in [0.15, 0.2) is 24.3 Å². The number of hydrogen-bond acceptors (Lipinski definition) is 3. The molecule has 0 saturated carbocycles. The average molecular weight is 216 g/mol. The summed E-state index contributed by atoms with van der Waals surface area (Å²) < 4.78 is 0. The van der Waals surface area contributed by atoms with Gasteiger partial charge in [0, 0.05) is 16.5 Å². The minimum absolute atomic E-state index is 0.0937. The Hall–Kier alpha value is -2.23. The lowest BCUT2D eigenvalue weighted by molar-refractivity contribution is 0.0997. The van der Waals surface area contributed by atoms with E-state index in [2.05, 4.69) is 0 Å². The normalized spacial score (nSPS) is 10.6. The van der Waals surface area contributed by atoms with E-state index in [1.165, 1.54) is 0 Å². The van der Waals surface area contributed by atoms with E-state index in [1.807, 2.05) is 6.07 Å². The van der Waals surface area contributed by atoms with E-state index in [0.717, 1.165) is 5.39 Å². The molecule has 0 radical (unpaired) electrons. The SMILES string of the molecule is Cc1c(C(N)=O)c(O)c2ccccc2c1N. The summed E-state index contributed by atoms with van der Waals surface area (Å²) in [6.45, 7) is 1.67. The van der Waals surface area contributed by atoms with E-state index in [4.69, 9.17) is 11.5 Å². The monoisotopic (exact) mass is 216 g/mol. The third kappa shape index (κ3) is 1.27. The number of fused-ring (bicyclic) bond motifs is 1. The molecule has 4 nitrogen and oxygen atoms in total. The highest BCUT2D eigenvalue weighted by Crippen LogP contribution is 2.36. The first-order chi connectivity index (χ1) is 7.54. The largest absolute Gasteiger partial charge is 0.506 e. The Labute approximate surface area is 92.5 Å². The van der Waals surface area contributed by atoms with Gasteiger partial charge in [0.05, 0.1) is 5.56 Å². The van der Waals surface area contributed by atoms with E-state index < -0.39 is 5.91 Å². The number of benzene rings is 2. The number of primary amides is 1. The van der Waals surface area contributed by atoms with Gasteiger partial charge in [0.1, 0.15) is 5.75 Å². The Morgan fingerprint density at radius 3 is 2.38 bits per heavy atom. The number of nitrogens with two attached hydrogens (primary N) is 2. The molecular weight excluding hydrogens is 204 g/mol. The molecule has 0 fully saturated rings. The van der Waals surface area contributed by atoms with Crippen LogP contribution in [-0.2, 0) is 0 Å². The molecule has 0 aliphatic rings. The maximum Gasteiger partial charge on any atom is 0.252 e. The number of rotatable bonds is 1. The Morgan fingerprint density at radius 1 is 1.25 bits per heavy atom. The second kappa shape index (κ2) is 3.41. The summed E-state index contributed by atoms with van der Waals surface area (Å²) in [6.07, 6.45) is 0. The molecule has 0 heterocycles. The smallest absolute Gasteiger partial charge is 0.252 e. The van der Waals surface area contributed by atoms with Crippen LogP contribution >= 0.6 is 0 Å². The van der Waals surface area contributed by atoms with Crippen LogP contribution in [0.2, 0.25) is 0 Å². The highest BCUT2D eigenvalue weighted by molar-refractivity contribution is 6.09. The van der Waals surface area contributed by atoms with Gasteiger partial charge in [0.2, 0.25) is 0 Å². The minimum Gasteiger partial charge on any atom is -0.506 e. The summed E-state index contributed by atoms with van der Waals surface area (Å²) in [5.74, 6) is -0.776. The Morgan fingerprint density at radius 2 is 1.81 bits per heavy atom. The lowest BCUT2D eigenvalue weighted by Crippen LogP contribution is -2.14. The fourth-order valence-electron chi connectivity index (χ4n) is 1.87. The number of carbonyl (C=O) groups excluding carboxylic acids is 1. The molecule has 2 rings (SSSR count). The standard InChI is InChI=1S/C12H12N2O2/c1-6-9(12(14)16)11(15)8-5-3-2-4-7(8)10(6)13/h2-5,15H,13H2,1H3,(H2,14,16). The lowest BCUT2D eigenvalue weighted by Gasteiger charge is -2.12. The minimum atomic E-state index is -0.674. The van der Waals surface area contributed by atoms with Crippen molar-refractivity contribution in [2.24, 2.45) is 5.73 Å². The van der Waals surface area contributed by atoms with Crippen LogP contribution in [0.1, 0.15) is 15.9 Å². The van der Waals surface area contributed by atoms with Crippen LogP contribution in [0.25, 0.3) is 10.8 Å². The van der Waals surface area contributed by atoms with Crippen molar-refractivity contribution in [3.05, 3.63) is 35.4 Å². The maximum absolute atomic E-state index is 11.2. The van der Waals surface area contributed by atoms with Crippen molar-refractivity contribution >= 4 is 22.4 Å². The molecule has 0 unspecified atom stereocenters. The van der Waals surface area contributed by atoms with E-state index in [0.29, 0.717) is 16.6 Å². The Balaban J connectivity index is 3.00. The third-order valence-electron chi connectivity index (χ3n) is 2.73. The molecular formula is C12H12N2O2. The van der Waals surface area contributed by atoms with Crippen molar-refractivity contribution in [3.8, 4) is 5.75 Å². The number of aromatic hydroxyl groups is 1. The van der Waals surface area contributed by atoms with Gasteiger partial charge in [0.15, 0.2) is 0 Å². The topological polar surface area (TPSA) is 89.3 Å². The zero-order valence-electron chi connectivity index (χ0n) is 8.82. The van der Waals surface area contributed by atoms with Crippen molar-refractivity contribution in [2.45, 2.75) is 6.92 Å².